The quantitative estimate of drug-likeness (QED) is 0.592. The summed E-state index contributed by atoms with van der Waals surface area (Å²) in [4.78, 5) is 24.3. The summed E-state index contributed by atoms with van der Waals surface area (Å²) in [6.07, 6.45) is 0. The Kier molecular flexibility index (Phi) is 5.72. The van der Waals surface area contributed by atoms with Crippen molar-refractivity contribution in [2.24, 2.45) is 0 Å². The van der Waals surface area contributed by atoms with Crippen LogP contribution in [0.25, 0.3) is 11.3 Å². The molecule has 3 aromatic rings. The average Bonchev–Trinajstić information content (AvgIpc) is 2.65. The van der Waals surface area contributed by atoms with Crippen molar-refractivity contribution in [3.63, 3.8) is 0 Å². The Morgan fingerprint density at radius 2 is 1.79 bits per heavy atom. The zero-order valence-electron chi connectivity index (χ0n) is 14.6. The molecule has 0 aliphatic heterocycles. The van der Waals surface area contributed by atoms with Gasteiger partial charge in [0.2, 0.25) is 11.3 Å². The van der Waals surface area contributed by atoms with Crippen LogP contribution >= 0.6 is 23.2 Å². The number of carboxylic acid groups (broad SMARTS) is 1. The molecule has 5 nitrogen and oxygen atoms in total. The minimum Gasteiger partial charge on any atom is -0.477 e. The lowest BCUT2D eigenvalue weighted by Gasteiger charge is -2.19. The van der Waals surface area contributed by atoms with E-state index in [0.717, 1.165) is 6.07 Å². The average molecular weight is 422 g/mol. The highest BCUT2D eigenvalue weighted by Gasteiger charge is 2.23. The summed E-state index contributed by atoms with van der Waals surface area (Å²) in [5.41, 5.74) is -0.601. The van der Waals surface area contributed by atoms with Gasteiger partial charge in [-0.05, 0) is 43.3 Å². The molecule has 1 aromatic heterocycles. The molecule has 1 N–H and O–H groups in total. The van der Waals surface area contributed by atoms with Gasteiger partial charge in [0.05, 0.1) is 15.7 Å². The molecular weight excluding hydrogens is 408 g/mol. The van der Waals surface area contributed by atoms with E-state index in [9.17, 15) is 19.1 Å². The fourth-order valence-electron chi connectivity index (χ4n) is 2.80. The van der Waals surface area contributed by atoms with E-state index in [2.05, 4.69) is 0 Å². The standard InChI is InChI=1S/C20H14Cl2FNO4/c1-2-24-17(28-13-6-4-12(23)5-7-13)10-16(25)18(20(26)27)19(24)11-3-8-14(21)15(22)9-11/h3-10H,2H2,1H3,(H,26,27). The molecule has 0 saturated heterocycles. The first-order chi connectivity index (χ1) is 13.3. The number of benzene rings is 2. The third-order valence-electron chi connectivity index (χ3n) is 4.03. The minimum absolute atomic E-state index is 0.116. The zero-order chi connectivity index (χ0) is 20.4. The van der Waals surface area contributed by atoms with Crippen LogP contribution in [0.1, 0.15) is 17.3 Å². The molecule has 8 heteroatoms. The second kappa shape index (κ2) is 8.04. The number of hydrogen-bond acceptors (Lipinski definition) is 3. The topological polar surface area (TPSA) is 68.5 Å². The van der Waals surface area contributed by atoms with E-state index in [0.29, 0.717) is 22.9 Å². The molecule has 0 aliphatic carbocycles. The number of carbonyl (C=O) groups is 1. The van der Waals surface area contributed by atoms with Crippen molar-refractivity contribution in [3.8, 4) is 22.9 Å². The van der Waals surface area contributed by atoms with E-state index in [4.69, 9.17) is 27.9 Å². The van der Waals surface area contributed by atoms with Gasteiger partial charge in [-0.2, -0.15) is 0 Å². The van der Waals surface area contributed by atoms with Crippen molar-refractivity contribution in [3.05, 3.63) is 80.2 Å². The number of nitrogens with zero attached hydrogens (tertiary/aromatic N) is 1. The van der Waals surface area contributed by atoms with E-state index in [1.54, 1.807) is 13.0 Å². The van der Waals surface area contributed by atoms with Crippen molar-refractivity contribution in [2.45, 2.75) is 13.5 Å². The molecule has 0 amide bonds. The van der Waals surface area contributed by atoms with E-state index in [1.807, 2.05) is 0 Å². The van der Waals surface area contributed by atoms with Gasteiger partial charge >= 0.3 is 5.97 Å². The van der Waals surface area contributed by atoms with Gasteiger partial charge < -0.3 is 14.4 Å². The summed E-state index contributed by atoms with van der Waals surface area (Å²) in [7, 11) is 0. The third-order valence-corrected chi connectivity index (χ3v) is 4.77. The lowest BCUT2D eigenvalue weighted by Crippen LogP contribution is -2.21. The monoisotopic (exact) mass is 421 g/mol. The van der Waals surface area contributed by atoms with Gasteiger partial charge in [-0.15, -0.1) is 0 Å². The first kappa shape index (κ1) is 19.9. The predicted molar refractivity (Wildman–Crippen MR) is 105 cm³/mol. The first-order valence-electron chi connectivity index (χ1n) is 8.21. The van der Waals surface area contributed by atoms with Crippen LogP contribution in [-0.4, -0.2) is 15.6 Å². The van der Waals surface area contributed by atoms with Gasteiger partial charge in [0.1, 0.15) is 17.1 Å². The maximum absolute atomic E-state index is 13.1. The van der Waals surface area contributed by atoms with Gasteiger partial charge in [-0.3, -0.25) is 4.79 Å². The molecule has 0 aliphatic rings. The van der Waals surface area contributed by atoms with Crippen LogP contribution in [0.3, 0.4) is 0 Å². The summed E-state index contributed by atoms with van der Waals surface area (Å²) in [5, 5.41) is 10.1. The molecule has 0 bridgehead atoms. The molecule has 3 rings (SSSR count). The Morgan fingerprint density at radius 1 is 1.11 bits per heavy atom. The first-order valence-corrected chi connectivity index (χ1v) is 8.97. The van der Waals surface area contributed by atoms with Crippen LogP contribution in [0.15, 0.2) is 53.3 Å². The van der Waals surface area contributed by atoms with Crippen molar-refractivity contribution in [1.82, 2.24) is 4.57 Å². The minimum atomic E-state index is -1.37. The Bertz CT molecular complexity index is 1110. The maximum Gasteiger partial charge on any atom is 0.341 e. The number of aromatic carboxylic acids is 1. The molecule has 0 unspecified atom stereocenters. The summed E-state index contributed by atoms with van der Waals surface area (Å²) in [6.45, 7) is 2.07. The number of halogens is 3. The fraction of sp³-hybridized carbons (Fsp3) is 0.100. The van der Waals surface area contributed by atoms with Crippen LogP contribution < -0.4 is 10.2 Å². The van der Waals surface area contributed by atoms with Gasteiger partial charge in [-0.25, -0.2) is 9.18 Å². The highest BCUT2D eigenvalue weighted by molar-refractivity contribution is 6.42. The molecule has 144 valence electrons. The van der Waals surface area contributed by atoms with Crippen molar-refractivity contribution in [2.75, 3.05) is 0 Å². The predicted octanol–water partition coefficient (Wildman–Crippen LogP) is 5.47. The Hall–Kier alpha value is -2.83. The lowest BCUT2D eigenvalue weighted by molar-refractivity contribution is 0.0695. The summed E-state index contributed by atoms with van der Waals surface area (Å²) in [5.74, 6) is -1.39. The van der Waals surface area contributed by atoms with Crippen molar-refractivity contribution in [1.29, 1.82) is 0 Å². The molecule has 28 heavy (non-hydrogen) atoms. The highest BCUT2D eigenvalue weighted by atomic mass is 35.5. The molecule has 0 saturated carbocycles. The van der Waals surface area contributed by atoms with Gasteiger partial charge in [0.25, 0.3) is 0 Å². The molecule has 1 heterocycles. The second-order valence-corrected chi connectivity index (χ2v) is 6.62. The van der Waals surface area contributed by atoms with E-state index < -0.39 is 22.8 Å². The second-order valence-electron chi connectivity index (χ2n) is 5.80. The normalized spacial score (nSPS) is 10.7. The largest absolute Gasteiger partial charge is 0.477 e. The van der Waals surface area contributed by atoms with E-state index in [1.165, 1.54) is 41.0 Å². The van der Waals surface area contributed by atoms with Crippen LogP contribution in [-0.2, 0) is 6.54 Å². The van der Waals surface area contributed by atoms with Gasteiger partial charge in [0, 0.05) is 18.2 Å². The molecule has 2 aromatic carbocycles. The van der Waals surface area contributed by atoms with E-state index in [-0.39, 0.29) is 16.6 Å². The number of pyridine rings is 1. The summed E-state index contributed by atoms with van der Waals surface area (Å²) < 4.78 is 20.4. The van der Waals surface area contributed by atoms with Crippen molar-refractivity contribution < 1.29 is 19.0 Å². The SMILES string of the molecule is CCn1c(Oc2ccc(F)cc2)cc(=O)c(C(=O)O)c1-c1ccc(Cl)c(Cl)c1. The van der Waals surface area contributed by atoms with Crippen LogP contribution in [0.4, 0.5) is 4.39 Å². The van der Waals surface area contributed by atoms with Crippen LogP contribution in [0.5, 0.6) is 11.6 Å². The number of hydrogen-bond donors (Lipinski definition) is 1. The Morgan fingerprint density at radius 3 is 2.36 bits per heavy atom. The summed E-state index contributed by atoms with van der Waals surface area (Å²) >= 11 is 12.0. The molecule has 0 atom stereocenters. The molecule has 0 radical (unpaired) electrons. The lowest BCUT2D eigenvalue weighted by atomic mass is 10.0. The molecule has 0 fully saturated rings. The Labute approximate surface area is 169 Å². The fourth-order valence-corrected chi connectivity index (χ4v) is 3.09. The van der Waals surface area contributed by atoms with E-state index >= 15 is 0 Å². The van der Waals surface area contributed by atoms with Gasteiger partial charge in [0.15, 0.2) is 0 Å². The number of carboxylic acids is 1. The summed E-state index contributed by atoms with van der Waals surface area (Å²) in [6, 6.07) is 10.9. The Balaban J connectivity index is 2.26. The number of aromatic nitrogens is 1. The van der Waals surface area contributed by atoms with Gasteiger partial charge in [-0.1, -0.05) is 29.3 Å². The molecular formula is C20H14Cl2FNO4. The third kappa shape index (κ3) is 3.88. The maximum atomic E-state index is 13.1. The number of rotatable bonds is 5. The van der Waals surface area contributed by atoms with Crippen LogP contribution in [0.2, 0.25) is 10.0 Å². The highest BCUT2D eigenvalue weighted by Crippen LogP contribution is 2.33. The van der Waals surface area contributed by atoms with Crippen molar-refractivity contribution >= 4 is 29.2 Å². The molecule has 0 spiro atoms. The smallest absolute Gasteiger partial charge is 0.341 e. The zero-order valence-corrected chi connectivity index (χ0v) is 16.1. The van der Waals surface area contributed by atoms with Crippen LogP contribution in [0, 0.1) is 5.82 Å². The number of ether oxygens (including phenoxy) is 1.